The molecular formula is C14H20N2O. The van der Waals surface area contributed by atoms with Gasteiger partial charge < -0.3 is 10.6 Å². The Morgan fingerprint density at radius 1 is 1.35 bits per heavy atom. The largest absolute Gasteiger partial charge is 0.316 e. The molecule has 0 fully saturated rings. The molecule has 92 valence electrons. The minimum atomic E-state index is -0.483. The Balaban J connectivity index is 2.53. The lowest BCUT2D eigenvalue weighted by Crippen LogP contribution is -2.34. The van der Waals surface area contributed by atoms with E-state index in [-0.39, 0.29) is 5.91 Å². The second kappa shape index (κ2) is 4.15. The van der Waals surface area contributed by atoms with E-state index in [1.807, 2.05) is 17.0 Å². The van der Waals surface area contributed by atoms with E-state index in [0.717, 1.165) is 17.8 Å². The highest BCUT2D eigenvalue weighted by molar-refractivity contribution is 6.05. The summed E-state index contributed by atoms with van der Waals surface area (Å²) in [5.41, 5.74) is 10.4. The Hall–Kier alpha value is -1.35. The quantitative estimate of drug-likeness (QED) is 0.850. The van der Waals surface area contributed by atoms with Gasteiger partial charge in [0.05, 0.1) is 5.69 Å². The second-order valence-electron chi connectivity index (χ2n) is 5.27. The summed E-state index contributed by atoms with van der Waals surface area (Å²) in [5.74, 6) is 0.472. The molecular weight excluding hydrogens is 212 g/mol. The maximum absolute atomic E-state index is 12.2. The molecule has 1 aromatic rings. The fourth-order valence-corrected chi connectivity index (χ4v) is 2.39. The molecule has 1 heterocycles. The molecule has 2 N–H and O–H groups in total. The first kappa shape index (κ1) is 12.1. The molecule has 0 radical (unpaired) electrons. The van der Waals surface area contributed by atoms with Gasteiger partial charge in [-0.15, -0.1) is 0 Å². The number of rotatable bonds is 2. The Bertz CT molecular complexity index is 466. The van der Waals surface area contributed by atoms with E-state index in [1.165, 1.54) is 11.1 Å². The van der Waals surface area contributed by atoms with Crippen LogP contribution in [0.4, 0.5) is 5.69 Å². The average molecular weight is 232 g/mol. The van der Waals surface area contributed by atoms with Gasteiger partial charge in [-0.05, 0) is 30.9 Å². The van der Waals surface area contributed by atoms with Crippen molar-refractivity contribution < 1.29 is 4.79 Å². The van der Waals surface area contributed by atoms with Crippen LogP contribution in [0.15, 0.2) is 12.1 Å². The van der Waals surface area contributed by atoms with Crippen LogP contribution in [-0.2, 0) is 4.79 Å². The zero-order valence-corrected chi connectivity index (χ0v) is 10.9. The third-order valence-corrected chi connectivity index (χ3v) is 3.42. The lowest BCUT2D eigenvalue weighted by molar-refractivity contribution is -0.119. The molecule has 1 atom stereocenters. The van der Waals surface area contributed by atoms with E-state index in [2.05, 4.69) is 27.7 Å². The SMILES string of the molecule is Cc1ccc2c(c1C)N(CC(C)C)C(=O)C2N. The number of fused-ring (bicyclic) bond motifs is 1. The van der Waals surface area contributed by atoms with Crippen molar-refractivity contribution >= 4 is 11.6 Å². The van der Waals surface area contributed by atoms with Crippen molar-refractivity contribution in [1.29, 1.82) is 0 Å². The van der Waals surface area contributed by atoms with Crippen LogP contribution in [0.2, 0.25) is 0 Å². The number of anilines is 1. The van der Waals surface area contributed by atoms with Gasteiger partial charge in [-0.2, -0.15) is 0 Å². The van der Waals surface area contributed by atoms with Gasteiger partial charge in [0.2, 0.25) is 5.91 Å². The molecule has 0 saturated heterocycles. The summed E-state index contributed by atoms with van der Waals surface area (Å²) in [5, 5.41) is 0. The predicted molar refractivity (Wildman–Crippen MR) is 70.0 cm³/mol. The molecule has 17 heavy (non-hydrogen) atoms. The summed E-state index contributed by atoms with van der Waals surface area (Å²) >= 11 is 0. The molecule has 2 rings (SSSR count). The van der Waals surface area contributed by atoms with Gasteiger partial charge >= 0.3 is 0 Å². The molecule has 0 saturated carbocycles. The summed E-state index contributed by atoms with van der Waals surface area (Å²) in [6.45, 7) is 9.10. The molecule has 0 aliphatic carbocycles. The molecule has 0 aromatic heterocycles. The molecule has 0 spiro atoms. The van der Waals surface area contributed by atoms with Gasteiger partial charge in [0.25, 0.3) is 0 Å². The number of amides is 1. The molecule has 3 nitrogen and oxygen atoms in total. The van der Waals surface area contributed by atoms with E-state index < -0.39 is 6.04 Å². The van der Waals surface area contributed by atoms with Crippen LogP contribution >= 0.6 is 0 Å². The highest BCUT2D eigenvalue weighted by Crippen LogP contribution is 2.38. The standard InChI is InChI=1S/C14H20N2O/c1-8(2)7-16-13-10(4)9(3)5-6-11(13)12(15)14(16)17/h5-6,8,12H,7,15H2,1-4H3. The van der Waals surface area contributed by atoms with Crippen LogP contribution in [0.5, 0.6) is 0 Å². The smallest absolute Gasteiger partial charge is 0.248 e. The number of hydrogen-bond donors (Lipinski definition) is 1. The fourth-order valence-electron chi connectivity index (χ4n) is 2.39. The first-order chi connectivity index (χ1) is 7.93. The second-order valence-corrected chi connectivity index (χ2v) is 5.27. The van der Waals surface area contributed by atoms with Crippen molar-refractivity contribution in [2.24, 2.45) is 11.7 Å². The zero-order valence-electron chi connectivity index (χ0n) is 10.9. The van der Waals surface area contributed by atoms with Crippen LogP contribution < -0.4 is 10.6 Å². The first-order valence-electron chi connectivity index (χ1n) is 6.10. The minimum absolute atomic E-state index is 0.0300. The third-order valence-electron chi connectivity index (χ3n) is 3.42. The fraction of sp³-hybridized carbons (Fsp3) is 0.500. The third kappa shape index (κ3) is 1.84. The van der Waals surface area contributed by atoms with Crippen molar-refractivity contribution in [3.63, 3.8) is 0 Å². The Kier molecular flexibility index (Phi) is 2.96. The van der Waals surface area contributed by atoms with Gasteiger partial charge in [-0.3, -0.25) is 4.79 Å². The number of aryl methyl sites for hydroxylation is 1. The number of carbonyl (C=O) groups excluding carboxylic acids is 1. The number of hydrogen-bond acceptors (Lipinski definition) is 2. The van der Waals surface area contributed by atoms with Crippen molar-refractivity contribution in [2.75, 3.05) is 11.4 Å². The van der Waals surface area contributed by atoms with Gasteiger partial charge in [0, 0.05) is 12.1 Å². The Morgan fingerprint density at radius 2 is 2.00 bits per heavy atom. The number of benzene rings is 1. The van der Waals surface area contributed by atoms with Gasteiger partial charge in [0.15, 0.2) is 0 Å². The molecule has 3 heteroatoms. The van der Waals surface area contributed by atoms with E-state index in [9.17, 15) is 4.79 Å². The molecule has 1 amide bonds. The Labute approximate surface area is 103 Å². The highest BCUT2D eigenvalue weighted by atomic mass is 16.2. The van der Waals surface area contributed by atoms with Crippen LogP contribution in [0.25, 0.3) is 0 Å². The van der Waals surface area contributed by atoms with E-state index in [0.29, 0.717) is 5.92 Å². The first-order valence-corrected chi connectivity index (χ1v) is 6.10. The van der Waals surface area contributed by atoms with Gasteiger partial charge in [0.1, 0.15) is 6.04 Å². The summed E-state index contributed by atoms with van der Waals surface area (Å²) < 4.78 is 0. The van der Waals surface area contributed by atoms with Crippen LogP contribution in [0.1, 0.15) is 36.6 Å². The number of carbonyl (C=O) groups is 1. The minimum Gasteiger partial charge on any atom is -0.316 e. The van der Waals surface area contributed by atoms with Gasteiger partial charge in [-0.25, -0.2) is 0 Å². The summed E-state index contributed by atoms with van der Waals surface area (Å²) in [7, 11) is 0. The molecule has 1 aromatic carbocycles. The number of nitrogens with two attached hydrogens (primary N) is 1. The highest BCUT2D eigenvalue weighted by Gasteiger charge is 2.36. The lowest BCUT2D eigenvalue weighted by Gasteiger charge is -2.22. The van der Waals surface area contributed by atoms with Crippen LogP contribution in [-0.4, -0.2) is 12.5 Å². The van der Waals surface area contributed by atoms with Crippen molar-refractivity contribution in [3.05, 3.63) is 28.8 Å². The van der Waals surface area contributed by atoms with Crippen molar-refractivity contribution in [1.82, 2.24) is 0 Å². The van der Waals surface area contributed by atoms with Crippen molar-refractivity contribution in [3.8, 4) is 0 Å². The van der Waals surface area contributed by atoms with E-state index >= 15 is 0 Å². The van der Waals surface area contributed by atoms with Gasteiger partial charge in [-0.1, -0.05) is 26.0 Å². The molecule has 1 aliphatic rings. The summed E-state index contributed by atoms with van der Waals surface area (Å²) in [4.78, 5) is 14.0. The monoisotopic (exact) mass is 232 g/mol. The van der Waals surface area contributed by atoms with Crippen LogP contribution in [0.3, 0.4) is 0 Å². The maximum Gasteiger partial charge on any atom is 0.248 e. The maximum atomic E-state index is 12.2. The predicted octanol–water partition coefficient (Wildman–Crippen LogP) is 2.31. The van der Waals surface area contributed by atoms with E-state index in [4.69, 9.17) is 5.73 Å². The summed E-state index contributed by atoms with van der Waals surface area (Å²) in [6, 6.07) is 3.55. The van der Waals surface area contributed by atoms with Crippen molar-refractivity contribution in [2.45, 2.75) is 33.7 Å². The zero-order chi connectivity index (χ0) is 12.7. The summed E-state index contributed by atoms with van der Waals surface area (Å²) in [6.07, 6.45) is 0. The molecule has 1 unspecified atom stereocenters. The van der Waals surface area contributed by atoms with Crippen LogP contribution in [0, 0.1) is 19.8 Å². The number of nitrogens with zero attached hydrogens (tertiary/aromatic N) is 1. The molecule has 1 aliphatic heterocycles. The normalized spacial score (nSPS) is 19.1. The van der Waals surface area contributed by atoms with E-state index in [1.54, 1.807) is 0 Å². The molecule has 0 bridgehead atoms. The average Bonchev–Trinajstić information content (AvgIpc) is 2.49. The Morgan fingerprint density at radius 3 is 2.59 bits per heavy atom. The topological polar surface area (TPSA) is 46.3 Å². The lowest BCUT2D eigenvalue weighted by atomic mass is 10.0.